The summed E-state index contributed by atoms with van der Waals surface area (Å²) in [5.74, 6) is 0.856. The molecule has 3 atom stereocenters. The number of fused-ring (bicyclic) bond motifs is 1. The minimum Gasteiger partial charge on any atom is -0.335 e. The molecule has 2 aliphatic rings. The summed E-state index contributed by atoms with van der Waals surface area (Å²) in [7, 11) is 0. The second-order valence-electron chi connectivity index (χ2n) is 7.23. The van der Waals surface area contributed by atoms with E-state index in [1.165, 1.54) is 16.9 Å². The van der Waals surface area contributed by atoms with Crippen LogP contribution in [0.4, 0.5) is 4.79 Å². The Morgan fingerprint density at radius 3 is 3.00 bits per heavy atom. The molecule has 1 saturated carbocycles. The number of carbonyl (C=O) groups excluding carboxylic acids is 2. The van der Waals surface area contributed by atoms with Gasteiger partial charge < -0.3 is 5.32 Å². The first-order valence-electron chi connectivity index (χ1n) is 8.91. The minimum absolute atomic E-state index is 0.171. The average molecular weight is 350 g/mol. The Balaban J connectivity index is 1.44. The van der Waals surface area contributed by atoms with Crippen LogP contribution in [0.1, 0.15) is 43.6 Å². The van der Waals surface area contributed by atoms with Crippen molar-refractivity contribution in [3.8, 4) is 0 Å². The fourth-order valence-electron chi connectivity index (χ4n) is 3.80. The smallest absolute Gasteiger partial charge is 0.321 e. The molecule has 132 valence electrons. The maximum atomic E-state index is 12.1. The molecule has 1 aromatic heterocycles. The average Bonchev–Trinajstić information content (AvgIpc) is 2.99. The maximum Gasteiger partial charge on any atom is 0.321 e. The lowest BCUT2D eigenvalue weighted by Crippen LogP contribution is -2.51. The van der Waals surface area contributed by atoms with Crippen LogP contribution in [0.2, 0.25) is 0 Å². The molecule has 0 aromatic carbocycles. The molecule has 24 heavy (non-hydrogen) atoms. The van der Waals surface area contributed by atoms with E-state index in [2.05, 4.69) is 40.8 Å². The van der Waals surface area contributed by atoms with E-state index in [0.717, 1.165) is 32.4 Å². The molecule has 3 rings (SSSR count). The summed E-state index contributed by atoms with van der Waals surface area (Å²) >= 11 is 1.79. The summed E-state index contributed by atoms with van der Waals surface area (Å²) in [6.07, 6.45) is 4.35. The van der Waals surface area contributed by atoms with Gasteiger partial charge in [0.05, 0.1) is 6.54 Å². The van der Waals surface area contributed by atoms with Gasteiger partial charge in [-0.3, -0.25) is 15.0 Å². The van der Waals surface area contributed by atoms with Gasteiger partial charge in [-0.1, -0.05) is 26.7 Å². The Bertz CT molecular complexity index is 601. The highest BCUT2D eigenvalue weighted by Gasteiger charge is 2.28. The number of rotatable bonds is 3. The third-order valence-electron chi connectivity index (χ3n) is 5.53. The van der Waals surface area contributed by atoms with E-state index >= 15 is 0 Å². The van der Waals surface area contributed by atoms with Crippen molar-refractivity contribution >= 4 is 23.3 Å². The van der Waals surface area contributed by atoms with Gasteiger partial charge in [-0.15, -0.1) is 11.3 Å². The molecule has 1 aromatic rings. The first-order valence-corrected chi connectivity index (χ1v) is 9.79. The Morgan fingerprint density at radius 1 is 1.33 bits per heavy atom. The molecule has 5 nitrogen and oxygen atoms in total. The molecule has 0 spiro atoms. The van der Waals surface area contributed by atoms with Gasteiger partial charge in [-0.05, 0) is 41.7 Å². The highest BCUT2D eigenvalue weighted by Crippen LogP contribution is 2.29. The van der Waals surface area contributed by atoms with Gasteiger partial charge in [0, 0.05) is 24.0 Å². The van der Waals surface area contributed by atoms with Crippen molar-refractivity contribution in [1.82, 2.24) is 15.5 Å². The number of nitrogens with one attached hydrogen (secondary N) is 2. The minimum atomic E-state index is -0.348. The normalized spacial score (nSPS) is 27.3. The van der Waals surface area contributed by atoms with E-state index in [4.69, 9.17) is 0 Å². The zero-order valence-electron chi connectivity index (χ0n) is 14.5. The van der Waals surface area contributed by atoms with Crippen molar-refractivity contribution in [1.29, 1.82) is 0 Å². The van der Waals surface area contributed by atoms with E-state index in [9.17, 15) is 9.59 Å². The summed E-state index contributed by atoms with van der Waals surface area (Å²) in [6, 6.07) is 1.95. The predicted octanol–water partition coefficient (Wildman–Crippen LogP) is 2.76. The second-order valence-corrected chi connectivity index (χ2v) is 8.23. The van der Waals surface area contributed by atoms with Crippen LogP contribution >= 0.6 is 11.3 Å². The van der Waals surface area contributed by atoms with Crippen LogP contribution < -0.4 is 10.6 Å². The molecule has 0 unspecified atom stereocenters. The third-order valence-corrected chi connectivity index (χ3v) is 6.55. The molecule has 1 fully saturated rings. The van der Waals surface area contributed by atoms with E-state index in [1.54, 1.807) is 11.3 Å². The standard InChI is InChI=1S/C18H27N3O2S/c1-12-4-3-5-15(13(12)2)19-18(23)20-17(22)11-21-8-6-16-14(10-21)7-9-24-16/h7,9,12-13,15H,3-6,8,10-11H2,1-2H3,(H2,19,20,22,23)/t12-,13+,15-/m1/s1. The van der Waals surface area contributed by atoms with Crippen molar-refractivity contribution in [3.05, 3.63) is 21.9 Å². The summed E-state index contributed by atoms with van der Waals surface area (Å²) in [5.41, 5.74) is 1.31. The van der Waals surface area contributed by atoms with Crippen LogP contribution in [0.25, 0.3) is 0 Å². The largest absolute Gasteiger partial charge is 0.335 e. The first kappa shape index (κ1) is 17.4. The lowest BCUT2D eigenvalue weighted by Gasteiger charge is -2.34. The van der Waals surface area contributed by atoms with Gasteiger partial charge in [0.1, 0.15) is 0 Å². The van der Waals surface area contributed by atoms with Crippen LogP contribution in [0.15, 0.2) is 11.4 Å². The predicted molar refractivity (Wildman–Crippen MR) is 95.9 cm³/mol. The third kappa shape index (κ3) is 4.16. The number of imide groups is 1. The van der Waals surface area contributed by atoms with Crippen LogP contribution in [0.3, 0.4) is 0 Å². The summed E-state index contributed by atoms with van der Waals surface area (Å²) in [6.45, 7) is 6.36. The number of hydrogen-bond acceptors (Lipinski definition) is 4. The molecule has 1 aliphatic carbocycles. The molecule has 3 amide bonds. The summed E-state index contributed by atoms with van der Waals surface area (Å²) in [5, 5.41) is 7.60. The van der Waals surface area contributed by atoms with Crippen molar-refractivity contribution < 1.29 is 9.59 Å². The van der Waals surface area contributed by atoms with Crippen molar-refractivity contribution in [2.24, 2.45) is 11.8 Å². The van der Waals surface area contributed by atoms with Crippen molar-refractivity contribution in [3.63, 3.8) is 0 Å². The Labute approximate surface area is 147 Å². The number of urea groups is 1. The fraction of sp³-hybridized carbons (Fsp3) is 0.667. The van der Waals surface area contributed by atoms with Gasteiger partial charge in [-0.2, -0.15) is 0 Å². The van der Waals surface area contributed by atoms with E-state index in [-0.39, 0.29) is 24.5 Å². The number of thiophene rings is 1. The molecule has 0 bridgehead atoms. The summed E-state index contributed by atoms with van der Waals surface area (Å²) < 4.78 is 0. The zero-order valence-corrected chi connectivity index (χ0v) is 15.3. The SMILES string of the molecule is C[C@H]1[C@H](C)CCC[C@H]1NC(=O)NC(=O)CN1CCc2sccc2C1. The molecule has 0 radical (unpaired) electrons. The van der Waals surface area contributed by atoms with Crippen LogP contribution in [0, 0.1) is 11.8 Å². The van der Waals surface area contributed by atoms with Crippen molar-refractivity contribution in [2.75, 3.05) is 13.1 Å². The quantitative estimate of drug-likeness (QED) is 0.882. The monoisotopic (exact) mass is 349 g/mol. The highest BCUT2D eigenvalue weighted by molar-refractivity contribution is 7.10. The lowest BCUT2D eigenvalue weighted by molar-refractivity contribution is -0.121. The molecule has 1 aliphatic heterocycles. The second kappa shape index (κ2) is 7.66. The molecule has 2 heterocycles. The molecule has 6 heteroatoms. The number of hydrogen-bond donors (Lipinski definition) is 2. The van der Waals surface area contributed by atoms with E-state index in [1.807, 2.05) is 0 Å². The molecule has 0 saturated heterocycles. The van der Waals surface area contributed by atoms with Gasteiger partial charge in [-0.25, -0.2) is 4.79 Å². The van der Waals surface area contributed by atoms with Gasteiger partial charge >= 0.3 is 6.03 Å². The van der Waals surface area contributed by atoms with Crippen molar-refractivity contribution in [2.45, 2.75) is 52.1 Å². The zero-order chi connectivity index (χ0) is 17.1. The Morgan fingerprint density at radius 2 is 2.17 bits per heavy atom. The summed E-state index contributed by atoms with van der Waals surface area (Å²) in [4.78, 5) is 27.8. The molecule has 2 N–H and O–H groups in total. The lowest BCUT2D eigenvalue weighted by atomic mass is 9.78. The van der Waals surface area contributed by atoms with Crippen LogP contribution in [-0.4, -0.2) is 36.0 Å². The van der Waals surface area contributed by atoms with Crippen LogP contribution in [0.5, 0.6) is 0 Å². The highest BCUT2D eigenvalue weighted by atomic mass is 32.1. The van der Waals surface area contributed by atoms with Gasteiger partial charge in [0.15, 0.2) is 0 Å². The number of nitrogens with zero attached hydrogens (tertiary/aromatic N) is 1. The maximum absolute atomic E-state index is 12.1. The Hall–Kier alpha value is -1.40. The topological polar surface area (TPSA) is 61.4 Å². The molecular formula is C18H27N3O2S. The van der Waals surface area contributed by atoms with Crippen LogP contribution in [-0.2, 0) is 17.8 Å². The first-order chi connectivity index (χ1) is 11.5. The Kier molecular flexibility index (Phi) is 5.56. The molecular weight excluding hydrogens is 322 g/mol. The fourth-order valence-corrected chi connectivity index (χ4v) is 4.69. The van der Waals surface area contributed by atoms with E-state index < -0.39 is 0 Å². The number of amides is 3. The van der Waals surface area contributed by atoms with Gasteiger partial charge in [0.25, 0.3) is 0 Å². The number of carbonyl (C=O) groups is 2. The van der Waals surface area contributed by atoms with Gasteiger partial charge in [0.2, 0.25) is 5.91 Å². The van der Waals surface area contributed by atoms with E-state index in [0.29, 0.717) is 11.8 Å².